The number of benzene rings is 1. The highest BCUT2D eigenvalue weighted by atomic mass is 32.2. The van der Waals surface area contributed by atoms with Crippen LogP contribution in [0.15, 0.2) is 56.7 Å². The van der Waals surface area contributed by atoms with Crippen molar-refractivity contribution in [2.45, 2.75) is 37.8 Å². The van der Waals surface area contributed by atoms with Crippen LogP contribution in [0.2, 0.25) is 0 Å². The number of furan rings is 1. The van der Waals surface area contributed by atoms with E-state index in [1.165, 1.54) is 11.8 Å². The second-order valence-corrected chi connectivity index (χ2v) is 7.34. The number of thioether (sulfide) groups is 1. The van der Waals surface area contributed by atoms with Crippen LogP contribution in [0.4, 0.5) is 0 Å². The van der Waals surface area contributed by atoms with E-state index in [0.717, 1.165) is 11.1 Å². The molecule has 0 bridgehead atoms. The van der Waals surface area contributed by atoms with Gasteiger partial charge in [0, 0.05) is 6.54 Å². The highest BCUT2D eigenvalue weighted by Gasteiger charge is 2.26. The Bertz CT molecular complexity index is 858. The first-order chi connectivity index (χ1) is 12.5. The molecule has 0 saturated carbocycles. The second-order valence-electron chi connectivity index (χ2n) is 6.25. The lowest BCUT2D eigenvalue weighted by atomic mass is 10.1. The van der Waals surface area contributed by atoms with Crippen LogP contribution < -0.4 is 5.32 Å². The lowest BCUT2D eigenvalue weighted by Gasteiger charge is -2.18. The summed E-state index contributed by atoms with van der Waals surface area (Å²) in [5.41, 5.74) is 1.82. The van der Waals surface area contributed by atoms with Crippen LogP contribution >= 0.6 is 11.8 Å². The van der Waals surface area contributed by atoms with Gasteiger partial charge in [-0.2, -0.15) is 0 Å². The fourth-order valence-electron chi connectivity index (χ4n) is 2.46. The lowest BCUT2D eigenvalue weighted by molar-refractivity contribution is -0.121. The molecule has 26 heavy (non-hydrogen) atoms. The Morgan fingerprint density at radius 2 is 1.96 bits per heavy atom. The molecule has 1 atom stereocenters. The van der Waals surface area contributed by atoms with E-state index >= 15 is 0 Å². The smallest absolute Gasteiger partial charge is 0.277 e. The Kier molecular flexibility index (Phi) is 5.78. The molecule has 1 aromatic carbocycles. The fraction of sp³-hybridized carbons (Fsp3) is 0.316. The summed E-state index contributed by atoms with van der Waals surface area (Å²) in [6, 6.07) is 11.6. The van der Waals surface area contributed by atoms with Crippen molar-refractivity contribution in [1.29, 1.82) is 0 Å². The predicted molar refractivity (Wildman–Crippen MR) is 99.5 cm³/mol. The van der Waals surface area contributed by atoms with Crippen molar-refractivity contribution in [1.82, 2.24) is 15.5 Å². The predicted octanol–water partition coefficient (Wildman–Crippen LogP) is 4.07. The average Bonchev–Trinajstić information content (AvgIpc) is 3.26. The van der Waals surface area contributed by atoms with Gasteiger partial charge in [-0.1, -0.05) is 55.9 Å². The van der Waals surface area contributed by atoms with Gasteiger partial charge >= 0.3 is 0 Å². The number of nitrogens with zero attached hydrogens (tertiary/aromatic N) is 2. The Labute approximate surface area is 156 Å². The number of aryl methyl sites for hydroxylation is 1. The number of amides is 1. The number of carbonyl (C=O) groups is 1. The van der Waals surface area contributed by atoms with Gasteiger partial charge in [-0.3, -0.25) is 4.79 Å². The van der Waals surface area contributed by atoms with Gasteiger partial charge in [0.15, 0.2) is 0 Å². The van der Waals surface area contributed by atoms with Crippen molar-refractivity contribution < 1.29 is 13.6 Å². The van der Waals surface area contributed by atoms with E-state index in [9.17, 15) is 4.79 Å². The van der Waals surface area contributed by atoms with Crippen molar-refractivity contribution in [2.75, 3.05) is 0 Å². The zero-order valence-corrected chi connectivity index (χ0v) is 15.7. The molecule has 6 nitrogen and oxygen atoms in total. The summed E-state index contributed by atoms with van der Waals surface area (Å²) in [6.45, 7) is 6.32. The van der Waals surface area contributed by atoms with E-state index < -0.39 is 0 Å². The molecule has 2 aromatic heterocycles. The molecule has 0 aliphatic carbocycles. The molecular formula is C19H21N3O3S. The summed E-state index contributed by atoms with van der Waals surface area (Å²) < 4.78 is 11.0. The first kappa shape index (κ1) is 18.3. The first-order valence-corrected chi connectivity index (χ1v) is 9.29. The van der Waals surface area contributed by atoms with Crippen molar-refractivity contribution in [2.24, 2.45) is 5.92 Å². The Morgan fingerprint density at radius 3 is 2.62 bits per heavy atom. The Hall–Kier alpha value is -2.54. The lowest BCUT2D eigenvalue weighted by Crippen LogP contribution is -2.35. The molecule has 0 spiro atoms. The summed E-state index contributed by atoms with van der Waals surface area (Å²) in [7, 11) is 0. The number of rotatable bonds is 7. The maximum Gasteiger partial charge on any atom is 0.277 e. The van der Waals surface area contributed by atoms with E-state index in [-0.39, 0.29) is 17.1 Å². The molecule has 3 aromatic rings. The topological polar surface area (TPSA) is 81.2 Å². The molecule has 0 unspecified atom stereocenters. The molecule has 0 radical (unpaired) electrons. The van der Waals surface area contributed by atoms with Gasteiger partial charge in [-0.25, -0.2) is 0 Å². The van der Waals surface area contributed by atoms with Gasteiger partial charge in [0.05, 0.1) is 17.1 Å². The van der Waals surface area contributed by atoms with Crippen molar-refractivity contribution >= 4 is 17.7 Å². The average molecular weight is 371 g/mol. The SMILES string of the molecule is Cc1occc1-c1nnc(S[C@@H](C(=O)NCc2ccccc2)C(C)C)o1. The largest absolute Gasteiger partial charge is 0.469 e. The van der Waals surface area contributed by atoms with Crippen LogP contribution in [0.25, 0.3) is 11.5 Å². The molecule has 2 heterocycles. The normalized spacial score (nSPS) is 12.3. The summed E-state index contributed by atoms with van der Waals surface area (Å²) in [6.07, 6.45) is 1.58. The zero-order chi connectivity index (χ0) is 18.5. The van der Waals surface area contributed by atoms with E-state index in [1.807, 2.05) is 51.1 Å². The first-order valence-electron chi connectivity index (χ1n) is 8.41. The van der Waals surface area contributed by atoms with E-state index in [2.05, 4.69) is 15.5 Å². The molecule has 3 rings (SSSR count). The van der Waals surface area contributed by atoms with Crippen molar-refractivity contribution in [3.05, 3.63) is 54.0 Å². The highest BCUT2D eigenvalue weighted by Crippen LogP contribution is 2.31. The van der Waals surface area contributed by atoms with Crippen LogP contribution in [0.5, 0.6) is 0 Å². The summed E-state index contributed by atoms with van der Waals surface area (Å²) in [5.74, 6) is 1.17. The number of hydrogen-bond acceptors (Lipinski definition) is 6. The van der Waals surface area contributed by atoms with Gasteiger partial charge in [-0.15, -0.1) is 10.2 Å². The van der Waals surface area contributed by atoms with Gasteiger partial charge < -0.3 is 14.2 Å². The third kappa shape index (κ3) is 4.35. The number of aromatic nitrogens is 2. The maximum absolute atomic E-state index is 12.6. The molecule has 0 fully saturated rings. The molecule has 0 saturated heterocycles. The second kappa shape index (κ2) is 8.23. The Morgan fingerprint density at radius 1 is 1.19 bits per heavy atom. The molecule has 0 aliphatic heterocycles. The van der Waals surface area contributed by atoms with Crippen LogP contribution in [0.1, 0.15) is 25.2 Å². The minimum absolute atomic E-state index is 0.0481. The zero-order valence-electron chi connectivity index (χ0n) is 14.9. The van der Waals surface area contributed by atoms with E-state index in [1.54, 1.807) is 12.3 Å². The van der Waals surface area contributed by atoms with E-state index in [4.69, 9.17) is 8.83 Å². The minimum atomic E-state index is -0.322. The van der Waals surface area contributed by atoms with Gasteiger partial charge in [0.1, 0.15) is 5.76 Å². The summed E-state index contributed by atoms with van der Waals surface area (Å²) >= 11 is 1.28. The van der Waals surface area contributed by atoms with Crippen molar-refractivity contribution in [3.8, 4) is 11.5 Å². The van der Waals surface area contributed by atoms with Crippen LogP contribution in [-0.2, 0) is 11.3 Å². The number of hydrogen-bond donors (Lipinski definition) is 1. The van der Waals surface area contributed by atoms with Gasteiger partial charge in [-0.05, 0) is 24.5 Å². The standard InChI is InChI=1S/C19H21N3O3S/c1-12(2)16(17(23)20-11-14-7-5-4-6-8-14)26-19-22-21-18(25-19)15-9-10-24-13(15)3/h4-10,12,16H,11H2,1-3H3,(H,20,23)/t16-/m1/s1. The minimum Gasteiger partial charge on any atom is -0.469 e. The summed E-state index contributed by atoms with van der Waals surface area (Å²) in [5, 5.41) is 11.1. The van der Waals surface area contributed by atoms with Crippen LogP contribution in [0, 0.1) is 12.8 Å². The van der Waals surface area contributed by atoms with Gasteiger partial charge in [0.2, 0.25) is 5.91 Å². The summed E-state index contributed by atoms with van der Waals surface area (Å²) in [4.78, 5) is 12.6. The van der Waals surface area contributed by atoms with Gasteiger partial charge in [0.25, 0.3) is 11.1 Å². The molecular weight excluding hydrogens is 350 g/mol. The molecule has 7 heteroatoms. The van der Waals surface area contributed by atoms with E-state index in [0.29, 0.717) is 23.4 Å². The molecule has 1 amide bonds. The maximum atomic E-state index is 12.6. The number of nitrogens with one attached hydrogen (secondary N) is 1. The third-order valence-electron chi connectivity index (χ3n) is 3.90. The molecule has 1 N–H and O–H groups in total. The fourth-order valence-corrected chi connectivity index (χ4v) is 3.35. The monoisotopic (exact) mass is 371 g/mol. The van der Waals surface area contributed by atoms with Crippen molar-refractivity contribution in [3.63, 3.8) is 0 Å². The number of carbonyl (C=O) groups excluding carboxylic acids is 1. The highest BCUT2D eigenvalue weighted by molar-refractivity contribution is 8.00. The van der Waals surface area contributed by atoms with Crippen LogP contribution in [0.3, 0.4) is 0 Å². The quantitative estimate of drug-likeness (QED) is 0.631. The van der Waals surface area contributed by atoms with Crippen LogP contribution in [-0.4, -0.2) is 21.4 Å². The molecule has 0 aliphatic rings. The molecule has 136 valence electrons. The third-order valence-corrected chi connectivity index (χ3v) is 5.28. The Balaban J connectivity index is 1.66.